The van der Waals surface area contributed by atoms with Gasteiger partial charge in [-0.2, -0.15) is 0 Å². The molecule has 3 nitrogen and oxygen atoms in total. The Bertz CT molecular complexity index is 154. The number of carbonyl (C=O) groups is 1. The summed E-state index contributed by atoms with van der Waals surface area (Å²) in [5.74, 6) is 0.0332. The highest BCUT2D eigenvalue weighted by Crippen LogP contribution is 2.13. The molecule has 0 spiro atoms. The molecule has 0 aliphatic carbocycles. The van der Waals surface area contributed by atoms with Crippen LogP contribution < -0.4 is 0 Å². The van der Waals surface area contributed by atoms with Crippen molar-refractivity contribution in [2.75, 3.05) is 20.1 Å². The molecule has 0 aromatic carbocycles. The smallest absolute Gasteiger partial charge is 0.164 e. The summed E-state index contributed by atoms with van der Waals surface area (Å²) in [4.78, 5) is 13.5. The highest BCUT2D eigenvalue weighted by Gasteiger charge is 2.24. The average molecular weight is 171 g/mol. The molecule has 1 rings (SSSR count). The second-order valence-corrected chi connectivity index (χ2v) is 3.70. The third-order valence-corrected chi connectivity index (χ3v) is 2.54. The molecule has 1 fully saturated rings. The lowest BCUT2D eigenvalue weighted by Gasteiger charge is -2.25. The van der Waals surface area contributed by atoms with Gasteiger partial charge in [0.05, 0.1) is 0 Å². The molecule has 2 atom stereocenters. The summed E-state index contributed by atoms with van der Waals surface area (Å²) in [6, 6.07) is 0. The summed E-state index contributed by atoms with van der Waals surface area (Å²) in [7, 11) is 2.02. The Labute approximate surface area is 73.4 Å². The lowest BCUT2D eigenvalue weighted by atomic mass is 9.94. The Morgan fingerprint density at radius 1 is 1.42 bits per heavy atom. The largest absolute Gasteiger partial charge is 0.385 e. The van der Waals surface area contributed by atoms with Crippen molar-refractivity contribution < 1.29 is 9.90 Å². The number of carbonyl (C=O) groups excluding carboxylic acids is 1. The highest BCUT2D eigenvalue weighted by molar-refractivity contribution is 5.84. The van der Waals surface area contributed by atoms with E-state index in [0.29, 0.717) is 6.42 Å². The summed E-state index contributed by atoms with van der Waals surface area (Å²) >= 11 is 0. The van der Waals surface area contributed by atoms with Crippen LogP contribution in [0.4, 0.5) is 0 Å². The maximum atomic E-state index is 11.3. The Hall–Kier alpha value is -0.410. The van der Waals surface area contributed by atoms with Crippen LogP contribution >= 0.6 is 0 Å². The molecule has 0 aromatic rings. The van der Waals surface area contributed by atoms with Crippen molar-refractivity contribution in [3.05, 3.63) is 0 Å². The van der Waals surface area contributed by atoms with Gasteiger partial charge in [0.2, 0.25) is 0 Å². The van der Waals surface area contributed by atoms with Gasteiger partial charge < -0.3 is 10.0 Å². The number of ketones is 1. The van der Waals surface area contributed by atoms with Gasteiger partial charge in [-0.1, -0.05) is 6.92 Å². The van der Waals surface area contributed by atoms with Crippen LogP contribution in [0.1, 0.15) is 19.8 Å². The normalized spacial score (nSPS) is 34.4. The number of nitrogens with zero attached hydrogens (tertiary/aromatic N) is 1. The number of aliphatic hydroxyl groups excluding tert-OH is 1. The monoisotopic (exact) mass is 171 g/mol. The van der Waals surface area contributed by atoms with Crippen LogP contribution in [0, 0.1) is 5.92 Å². The zero-order valence-corrected chi connectivity index (χ0v) is 7.79. The van der Waals surface area contributed by atoms with Gasteiger partial charge in [0.1, 0.15) is 6.10 Å². The Morgan fingerprint density at radius 3 is 2.67 bits per heavy atom. The fourth-order valence-corrected chi connectivity index (χ4v) is 1.48. The molecule has 2 unspecified atom stereocenters. The van der Waals surface area contributed by atoms with E-state index in [-0.39, 0.29) is 11.7 Å². The zero-order chi connectivity index (χ0) is 9.14. The fourth-order valence-electron chi connectivity index (χ4n) is 1.48. The van der Waals surface area contributed by atoms with Gasteiger partial charge in [-0.15, -0.1) is 0 Å². The number of rotatable bonds is 0. The molecule has 0 radical (unpaired) electrons. The van der Waals surface area contributed by atoms with E-state index in [1.165, 1.54) is 0 Å². The molecule has 0 aromatic heterocycles. The van der Waals surface area contributed by atoms with E-state index in [1.807, 2.05) is 14.0 Å². The Kier molecular flexibility index (Phi) is 3.23. The van der Waals surface area contributed by atoms with Crippen molar-refractivity contribution in [3.8, 4) is 0 Å². The minimum Gasteiger partial charge on any atom is -0.385 e. The lowest BCUT2D eigenvalue weighted by molar-refractivity contribution is -0.132. The van der Waals surface area contributed by atoms with Crippen molar-refractivity contribution in [1.82, 2.24) is 4.90 Å². The van der Waals surface area contributed by atoms with E-state index in [4.69, 9.17) is 0 Å². The van der Waals surface area contributed by atoms with Crippen molar-refractivity contribution >= 4 is 5.78 Å². The first kappa shape index (κ1) is 9.68. The summed E-state index contributed by atoms with van der Waals surface area (Å²) in [5.41, 5.74) is 0. The minimum atomic E-state index is -0.734. The number of aliphatic hydroxyl groups is 1. The molecule has 12 heavy (non-hydrogen) atoms. The first-order valence-corrected chi connectivity index (χ1v) is 4.51. The van der Waals surface area contributed by atoms with Crippen LogP contribution in [-0.4, -0.2) is 42.0 Å². The second-order valence-electron chi connectivity index (χ2n) is 3.70. The minimum absolute atomic E-state index is 0.0164. The van der Waals surface area contributed by atoms with E-state index >= 15 is 0 Å². The zero-order valence-electron chi connectivity index (χ0n) is 7.79. The molecule has 1 aliphatic rings. The second kappa shape index (κ2) is 4.01. The SMILES string of the molecule is CC1CCN(C)CCC(O)C1=O. The predicted molar refractivity (Wildman–Crippen MR) is 46.9 cm³/mol. The maximum Gasteiger partial charge on any atom is 0.164 e. The van der Waals surface area contributed by atoms with Crippen LogP contribution in [0.3, 0.4) is 0 Å². The van der Waals surface area contributed by atoms with Crippen molar-refractivity contribution in [2.45, 2.75) is 25.9 Å². The predicted octanol–water partition coefficient (Wildman–Crippen LogP) is 0.278. The number of hydrogen-bond acceptors (Lipinski definition) is 3. The molecule has 0 amide bonds. The summed E-state index contributed by atoms with van der Waals surface area (Å²) in [6.07, 6.45) is 0.717. The van der Waals surface area contributed by atoms with E-state index in [9.17, 15) is 9.90 Å². The number of hydrogen-bond donors (Lipinski definition) is 1. The number of likely N-dealkylation sites (tertiary alicyclic amines) is 1. The lowest BCUT2D eigenvalue weighted by Crippen LogP contribution is -2.36. The van der Waals surface area contributed by atoms with Crippen LogP contribution in [0.15, 0.2) is 0 Å². The topological polar surface area (TPSA) is 40.5 Å². The molecule has 1 N–H and O–H groups in total. The quantitative estimate of drug-likeness (QED) is 0.569. The molecular formula is C9H17NO2. The van der Waals surface area contributed by atoms with Gasteiger partial charge in [0.15, 0.2) is 5.78 Å². The fraction of sp³-hybridized carbons (Fsp3) is 0.889. The van der Waals surface area contributed by atoms with Crippen molar-refractivity contribution in [2.24, 2.45) is 5.92 Å². The van der Waals surface area contributed by atoms with E-state index in [0.717, 1.165) is 19.5 Å². The van der Waals surface area contributed by atoms with Crippen LogP contribution in [0.25, 0.3) is 0 Å². The molecule has 0 bridgehead atoms. The highest BCUT2D eigenvalue weighted by atomic mass is 16.3. The molecule has 1 saturated heterocycles. The van der Waals surface area contributed by atoms with Crippen molar-refractivity contribution in [1.29, 1.82) is 0 Å². The van der Waals surface area contributed by atoms with Gasteiger partial charge >= 0.3 is 0 Å². The average Bonchev–Trinajstić information content (AvgIpc) is 2.07. The third-order valence-electron chi connectivity index (χ3n) is 2.54. The van der Waals surface area contributed by atoms with Gasteiger partial charge in [-0.05, 0) is 26.4 Å². The van der Waals surface area contributed by atoms with Crippen LogP contribution in [0.2, 0.25) is 0 Å². The first-order chi connectivity index (χ1) is 5.61. The molecule has 0 saturated carbocycles. The van der Waals surface area contributed by atoms with Crippen molar-refractivity contribution in [3.63, 3.8) is 0 Å². The third kappa shape index (κ3) is 2.29. The van der Waals surface area contributed by atoms with Gasteiger partial charge in [-0.25, -0.2) is 0 Å². The molecule has 1 aliphatic heterocycles. The molecule has 3 heteroatoms. The Morgan fingerprint density at radius 2 is 2.00 bits per heavy atom. The molecule has 70 valence electrons. The Balaban J connectivity index is 2.54. The standard InChI is InChI=1S/C9H17NO2/c1-7-3-5-10(2)6-4-8(11)9(7)12/h7-8,11H,3-6H2,1-2H3. The maximum absolute atomic E-state index is 11.3. The van der Waals surface area contributed by atoms with Gasteiger partial charge in [0.25, 0.3) is 0 Å². The van der Waals surface area contributed by atoms with Crippen LogP contribution in [0.5, 0.6) is 0 Å². The molecular weight excluding hydrogens is 154 g/mol. The number of Topliss-reactive ketones (excluding diaryl/α,β-unsaturated/α-hetero) is 1. The van der Waals surface area contributed by atoms with E-state index in [2.05, 4.69) is 4.90 Å². The first-order valence-electron chi connectivity index (χ1n) is 4.51. The summed E-state index contributed by atoms with van der Waals surface area (Å²) in [5, 5.41) is 9.39. The van der Waals surface area contributed by atoms with Gasteiger partial charge in [0, 0.05) is 12.5 Å². The van der Waals surface area contributed by atoms with Gasteiger partial charge in [-0.3, -0.25) is 4.79 Å². The summed E-state index contributed by atoms with van der Waals surface area (Å²) < 4.78 is 0. The van der Waals surface area contributed by atoms with Crippen LogP contribution in [-0.2, 0) is 4.79 Å². The molecule has 1 heterocycles. The summed E-state index contributed by atoms with van der Waals surface area (Å²) in [6.45, 7) is 3.67. The van der Waals surface area contributed by atoms with E-state index < -0.39 is 6.10 Å². The van der Waals surface area contributed by atoms with E-state index in [1.54, 1.807) is 0 Å².